The van der Waals surface area contributed by atoms with E-state index in [0.29, 0.717) is 6.61 Å². The van der Waals surface area contributed by atoms with E-state index in [1.54, 1.807) is 0 Å². The second-order valence-corrected chi connectivity index (χ2v) is 23.5. The van der Waals surface area contributed by atoms with Gasteiger partial charge in [-0.1, -0.05) is 125 Å². The van der Waals surface area contributed by atoms with Gasteiger partial charge < -0.3 is 33.6 Å². The molecule has 0 atom stereocenters. The van der Waals surface area contributed by atoms with Gasteiger partial charge in [0.15, 0.2) is 0 Å². The topological polar surface area (TPSA) is 96.1 Å². The van der Waals surface area contributed by atoms with Gasteiger partial charge in [0, 0.05) is 83.8 Å². The van der Waals surface area contributed by atoms with Crippen molar-refractivity contribution >= 4 is 45.1 Å². The van der Waals surface area contributed by atoms with E-state index in [0.717, 1.165) is 204 Å². The minimum atomic E-state index is 0.0814. The van der Waals surface area contributed by atoms with Crippen LogP contribution in [0.1, 0.15) is 119 Å². The molecule has 0 N–H and O–H groups in total. The van der Waals surface area contributed by atoms with Crippen LogP contribution < -0.4 is 18.9 Å². The minimum Gasteiger partial charge on any atom is -0.493 e. The molecule has 83 heavy (non-hydrogen) atoms. The summed E-state index contributed by atoms with van der Waals surface area (Å²) in [6.07, 6.45) is 32.9. The molecule has 11 heteroatoms. The first kappa shape index (κ1) is 56.1. The van der Waals surface area contributed by atoms with Gasteiger partial charge in [-0.2, -0.15) is 0 Å². The second kappa shape index (κ2) is 26.4. The molecule has 8 aliphatic rings. The van der Waals surface area contributed by atoms with E-state index < -0.39 is 0 Å². The Morgan fingerprint density at radius 2 is 0.627 bits per heavy atom. The number of unbranched alkanes of at least 4 members (excludes halogenated alkanes) is 7. The Kier molecular flexibility index (Phi) is 17.8. The molecule has 11 nitrogen and oxygen atoms in total. The van der Waals surface area contributed by atoms with E-state index >= 15 is 0 Å². The Morgan fingerprint density at radius 1 is 0.349 bits per heavy atom. The van der Waals surface area contributed by atoms with E-state index in [2.05, 4.69) is 188 Å². The Balaban J connectivity index is 1.05. The lowest BCUT2D eigenvalue weighted by Gasteiger charge is -2.30. The summed E-state index contributed by atoms with van der Waals surface area (Å²) in [6.45, 7) is 8.83. The molecule has 12 rings (SSSR count). The zero-order valence-corrected chi connectivity index (χ0v) is 49.2. The molecule has 3 saturated heterocycles. The van der Waals surface area contributed by atoms with Crippen molar-refractivity contribution in [1.29, 1.82) is 0 Å². The number of rotatable bonds is 20. The van der Waals surface area contributed by atoms with E-state index in [1.807, 2.05) is 0 Å². The molecule has 8 aliphatic heterocycles. The number of ether oxygens (including phenoxy) is 4. The summed E-state index contributed by atoms with van der Waals surface area (Å²) in [4.78, 5) is 30.0. The van der Waals surface area contributed by atoms with Gasteiger partial charge in [0.25, 0.3) is 0 Å². The monoisotopic (exact) mass is 1110 g/mol. The molecule has 0 spiro atoms. The average Bonchev–Trinajstić information content (AvgIpc) is 4.55. The number of nitrogens with zero attached hydrogens (tertiary/aromatic N) is 7. The maximum absolute atomic E-state index is 7.06. The third-order valence-electron chi connectivity index (χ3n) is 17.4. The Hall–Kier alpha value is -7.44. The van der Waals surface area contributed by atoms with E-state index in [9.17, 15) is 0 Å². The number of hydrogen-bond donors (Lipinski definition) is 0. The minimum absolute atomic E-state index is 0.0814. The zero-order chi connectivity index (χ0) is 56.5. The molecule has 428 valence electrons. The fourth-order valence-electron chi connectivity index (χ4n) is 12.6. The number of para-hydroxylation sites is 4. The first-order valence-electron chi connectivity index (χ1n) is 30.9. The van der Waals surface area contributed by atoms with Crippen molar-refractivity contribution in [2.24, 2.45) is 20.0 Å². The first-order valence-corrected chi connectivity index (χ1v) is 30.9. The highest BCUT2D eigenvalue weighted by molar-refractivity contribution is 6.40. The van der Waals surface area contributed by atoms with Crippen molar-refractivity contribution in [2.45, 2.75) is 115 Å². The molecular formula is C72H81N7O4. The van der Waals surface area contributed by atoms with E-state index in [4.69, 9.17) is 38.9 Å². The van der Waals surface area contributed by atoms with Gasteiger partial charge in [0.2, 0.25) is 0 Å². The summed E-state index contributed by atoms with van der Waals surface area (Å²) < 4.78 is 28.0. The van der Waals surface area contributed by atoms with Crippen LogP contribution in [0.5, 0.6) is 23.0 Å². The third-order valence-corrected chi connectivity index (χ3v) is 17.4. The third kappa shape index (κ3) is 13.0. The van der Waals surface area contributed by atoms with Crippen LogP contribution in [0.3, 0.4) is 0 Å². The highest BCUT2D eigenvalue weighted by Crippen LogP contribution is 2.44. The Bertz CT molecular complexity index is 3370. The lowest BCUT2D eigenvalue weighted by Crippen LogP contribution is -2.35. The van der Waals surface area contributed by atoms with E-state index in [-0.39, 0.29) is 18.3 Å². The molecule has 0 radical (unpaired) electrons. The standard InChI is InChI=1S/C72H81N7O4/c1-5-6-7-8-9-10-11-20-49-80-65-25-16-12-21-53(65)69-57-29-31-59(73-57)70(54-22-13-17-26-66(54)81-50-37-43-77(2)44-38-50)61-33-35-63(75-61)72(56-24-15-19-28-68(56)83-52-41-47-79(4)48-42-52)64-36-34-62(76-64)71(60-32-30-58(69)74-60)55-23-14-18-27-67(55)82-51-39-45-78(3)46-40-51/h12-19,21-36,50-52H,5-11,20,37-49H2,1-4H3. The second-order valence-electron chi connectivity index (χ2n) is 23.5. The number of fused-ring (bicyclic) bond motifs is 4. The van der Waals surface area contributed by atoms with Crippen LogP contribution in [0.2, 0.25) is 0 Å². The summed E-state index contributed by atoms with van der Waals surface area (Å²) >= 11 is 0. The van der Waals surface area contributed by atoms with Crippen LogP contribution >= 0.6 is 0 Å². The molecule has 0 amide bonds. The summed E-state index contributed by atoms with van der Waals surface area (Å²) in [5.74, 6) is 3.26. The summed E-state index contributed by atoms with van der Waals surface area (Å²) in [6, 6.07) is 33.7. The lowest BCUT2D eigenvalue weighted by molar-refractivity contribution is 0.114. The number of benzene rings is 4. The summed E-state index contributed by atoms with van der Waals surface area (Å²) in [7, 11) is 6.57. The van der Waals surface area contributed by atoms with Crippen LogP contribution in [-0.4, -0.2) is 123 Å². The quantitative estimate of drug-likeness (QED) is 0.0814. The van der Waals surface area contributed by atoms with Crippen molar-refractivity contribution < 1.29 is 18.9 Å². The largest absolute Gasteiger partial charge is 0.493 e. The zero-order valence-electron chi connectivity index (χ0n) is 49.2. The van der Waals surface area contributed by atoms with Crippen molar-refractivity contribution in [2.75, 3.05) is 67.0 Å². The number of allylic oxidation sites excluding steroid dienone is 12. The van der Waals surface area contributed by atoms with Crippen molar-refractivity contribution in [3.63, 3.8) is 0 Å². The smallest absolute Gasteiger partial charge is 0.127 e. The molecule has 8 heterocycles. The molecule has 4 aromatic rings. The fraction of sp³-hybridized carbons (Fsp3) is 0.389. The lowest BCUT2D eigenvalue weighted by atomic mass is 9.97. The molecule has 8 bridgehead atoms. The van der Waals surface area contributed by atoms with Gasteiger partial charge in [0.1, 0.15) is 41.3 Å². The van der Waals surface area contributed by atoms with Gasteiger partial charge in [-0.15, -0.1) is 0 Å². The maximum atomic E-state index is 7.06. The molecule has 0 aliphatic carbocycles. The summed E-state index contributed by atoms with van der Waals surface area (Å²) in [5, 5.41) is 0. The van der Waals surface area contributed by atoms with Crippen LogP contribution in [0.4, 0.5) is 0 Å². The van der Waals surface area contributed by atoms with Crippen LogP contribution in [0.15, 0.2) is 188 Å². The molecule has 3 fully saturated rings. The van der Waals surface area contributed by atoms with Crippen molar-refractivity contribution in [3.05, 3.63) is 191 Å². The van der Waals surface area contributed by atoms with Crippen molar-refractivity contribution in [1.82, 2.24) is 14.7 Å². The number of piperidine rings is 3. The van der Waals surface area contributed by atoms with Crippen LogP contribution in [0, 0.1) is 0 Å². The number of aliphatic imine (C=N–C) groups is 4. The SMILES string of the molecule is CCCCCCCCCCOc1ccccc1C1=C2C=CC(=N2)C(c2ccccc2OC2CCN(C)CC2)=C2C=CC(=N2)C(c2ccccc2OC2CCN(C)CC2)=C2C=CC(=N2)C(c2ccccc2OC2CCN(C)CC2)=C2C=CC1=N2. The van der Waals surface area contributed by atoms with Gasteiger partial charge in [0.05, 0.1) is 52.2 Å². The number of hydrogen-bond acceptors (Lipinski definition) is 11. The van der Waals surface area contributed by atoms with Crippen LogP contribution in [0.25, 0.3) is 22.3 Å². The summed E-state index contributed by atoms with van der Waals surface area (Å²) in [5.41, 5.74) is 13.6. The van der Waals surface area contributed by atoms with Crippen LogP contribution in [-0.2, 0) is 0 Å². The van der Waals surface area contributed by atoms with Gasteiger partial charge >= 0.3 is 0 Å². The average molecular weight is 1110 g/mol. The molecule has 4 aromatic carbocycles. The van der Waals surface area contributed by atoms with Gasteiger partial charge in [-0.25, -0.2) is 20.0 Å². The van der Waals surface area contributed by atoms with E-state index in [1.165, 1.54) is 38.5 Å². The Morgan fingerprint density at radius 3 is 0.952 bits per heavy atom. The van der Waals surface area contributed by atoms with Gasteiger partial charge in [-0.05, 0) is 139 Å². The molecule has 0 saturated carbocycles. The predicted octanol–water partition coefficient (Wildman–Crippen LogP) is 14.6. The fourth-order valence-corrected chi connectivity index (χ4v) is 12.6. The number of likely N-dealkylation sites (tertiary alicyclic amines) is 3. The Labute approximate surface area is 492 Å². The molecular weight excluding hydrogens is 1030 g/mol. The highest BCUT2D eigenvalue weighted by atomic mass is 16.5. The highest BCUT2D eigenvalue weighted by Gasteiger charge is 2.32. The van der Waals surface area contributed by atoms with Gasteiger partial charge in [-0.3, -0.25) is 0 Å². The molecule has 0 aromatic heterocycles. The van der Waals surface area contributed by atoms with Crippen molar-refractivity contribution in [3.8, 4) is 23.0 Å². The maximum Gasteiger partial charge on any atom is 0.127 e. The first-order chi connectivity index (χ1) is 40.8. The normalized spacial score (nSPS) is 20.0. The predicted molar refractivity (Wildman–Crippen MR) is 341 cm³/mol. The molecule has 0 unspecified atom stereocenters.